The Bertz CT molecular complexity index is 735. The van der Waals surface area contributed by atoms with Crippen LogP contribution in [0.1, 0.15) is 6.92 Å². The normalized spacial score (nSPS) is 10.0. The molecule has 0 aliphatic rings. The molecule has 120 valence electrons. The number of hydrogen-bond acceptors (Lipinski definition) is 3. The Morgan fingerprint density at radius 1 is 0.913 bits per heavy atom. The van der Waals surface area contributed by atoms with Crippen molar-refractivity contribution in [3.05, 3.63) is 54.1 Å². The van der Waals surface area contributed by atoms with Gasteiger partial charge in [-0.3, -0.25) is 9.59 Å². The van der Waals surface area contributed by atoms with Gasteiger partial charge in [0, 0.05) is 30.1 Å². The molecule has 0 radical (unpaired) electrons. The highest BCUT2D eigenvalue weighted by molar-refractivity contribution is 5.94. The average Bonchev–Trinajstić information content (AvgIpc) is 2.49. The van der Waals surface area contributed by atoms with Crippen molar-refractivity contribution in [2.45, 2.75) is 6.92 Å². The van der Waals surface area contributed by atoms with Gasteiger partial charge in [0.1, 0.15) is 0 Å². The summed E-state index contributed by atoms with van der Waals surface area (Å²) in [5, 5.41) is 7.95. The molecule has 0 atom stereocenters. The first-order chi connectivity index (χ1) is 10.9. The summed E-state index contributed by atoms with van der Waals surface area (Å²) in [4.78, 5) is 22.8. The number of carbonyl (C=O) groups is 2. The van der Waals surface area contributed by atoms with E-state index in [0.29, 0.717) is 11.4 Å². The molecule has 5 nitrogen and oxygen atoms in total. The van der Waals surface area contributed by atoms with E-state index in [1.807, 2.05) is 0 Å². The topological polar surface area (TPSA) is 70.2 Å². The summed E-state index contributed by atoms with van der Waals surface area (Å²) < 4.78 is 25.9. The van der Waals surface area contributed by atoms with Crippen molar-refractivity contribution in [1.82, 2.24) is 0 Å². The van der Waals surface area contributed by atoms with Crippen LogP contribution in [0.4, 0.5) is 25.8 Å². The van der Waals surface area contributed by atoms with Gasteiger partial charge >= 0.3 is 0 Å². The second kappa shape index (κ2) is 7.35. The molecule has 3 N–H and O–H groups in total. The Morgan fingerprint density at radius 3 is 2.30 bits per heavy atom. The standard InChI is InChI=1S/C16H15F2N3O2/c1-10(22)20-12-4-2-3-11(7-12)19-9-16(23)21-13-5-6-14(17)15(18)8-13/h2-8,19H,9H2,1H3,(H,20,22)(H,21,23). The molecule has 0 aliphatic carbocycles. The van der Waals surface area contributed by atoms with Gasteiger partial charge in [-0.25, -0.2) is 8.78 Å². The fourth-order valence-electron chi connectivity index (χ4n) is 1.87. The number of anilines is 3. The van der Waals surface area contributed by atoms with Crippen LogP contribution in [-0.2, 0) is 9.59 Å². The summed E-state index contributed by atoms with van der Waals surface area (Å²) in [6.45, 7) is 1.33. The molecular weight excluding hydrogens is 304 g/mol. The number of rotatable bonds is 5. The van der Waals surface area contributed by atoms with Crippen molar-refractivity contribution in [3.8, 4) is 0 Å². The predicted octanol–water partition coefficient (Wildman–Crippen LogP) is 2.97. The maximum atomic E-state index is 13.1. The minimum atomic E-state index is -1.03. The van der Waals surface area contributed by atoms with E-state index in [0.717, 1.165) is 12.1 Å². The summed E-state index contributed by atoms with van der Waals surface area (Å²) in [7, 11) is 0. The summed E-state index contributed by atoms with van der Waals surface area (Å²) in [5.74, 6) is -2.62. The SMILES string of the molecule is CC(=O)Nc1cccc(NCC(=O)Nc2ccc(F)c(F)c2)c1. The zero-order valence-corrected chi connectivity index (χ0v) is 12.3. The van der Waals surface area contributed by atoms with Gasteiger partial charge < -0.3 is 16.0 Å². The Labute approximate surface area is 131 Å². The molecular formula is C16H15F2N3O2. The molecule has 0 aromatic heterocycles. The third kappa shape index (κ3) is 5.06. The molecule has 2 aromatic rings. The highest BCUT2D eigenvalue weighted by atomic mass is 19.2. The molecule has 7 heteroatoms. The summed E-state index contributed by atoms with van der Waals surface area (Å²) in [5.41, 5.74) is 1.41. The van der Waals surface area contributed by atoms with Crippen LogP contribution in [0, 0.1) is 11.6 Å². The van der Waals surface area contributed by atoms with Gasteiger partial charge in [0.25, 0.3) is 0 Å². The van der Waals surface area contributed by atoms with Gasteiger partial charge in [-0.1, -0.05) is 6.07 Å². The molecule has 2 rings (SSSR count). The highest BCUT2D eigenvalue weighted by Gasteiger charge is 2.06. The van der Waals surface area contributed by atoms with E-state index in [1.165, 1.54) is 13.0 Å². The Morgan fingerprint density at radius 2 is 1.61 bits per heavy atom. The lowest BCUT2D eigenvalue weighted by molar-refractivity contribution is -0.115. The molecule has 0 heterocycles. The van der Waals surface area contributed by atoms with Crippen LogP contribution >= 0.6 is 0 Å². The van der Waals surface area contributed by atoms with Crippen molar-refractivity contribution in [2.24, 2.45) is 0 Å². The first kappa shape index (κ1) is 16.4. The maximum Gasteiger partial charge on any atom is 0.243 e. The van der Waals surface area contributed by atoms with Gasteiger partial charge in [-0.2, -0.15) is 0 Å². The molecule has 2 aromatic carbocycles. The minimum absolute atomic E-state index is 0.0669. The van der Waals surface area contributed by atoms with Crippen molar-refractivity contribution in [3.63, 3.8) is 0 Å². The van der Waals surface area contributed by atoms with Crippen molar-refractivity contribution >= 4 is 28.9 Å². The first-order valence-electron chi connectivity index (χ1n) is 6.80. The summed E-state index contributed by atoms with van der Waals surface area (Å²) in [6, 6.07) is 9.96. The number of halogens is 2. The van der Waals surface area contributed by atoms with E-state index < -0.39 is 17.5 Å². The average molecular weight is 319 g/mol. The van der Waals surface area contributed by atoms with Crippen molar-refractivity contribution in [1.29, 1.82) is 0 Å². The first-order valence-corrected chi connectivity index (χ1v) is 6.80. The zero-order chi connectivity index (χ0) is 16.8. The maximum absolute atomic E-state index is 13.1. The van der Waals surface area contributed by atoms with Crippen LogP contribution in [0.5, 0.6) is 0 Å². The predicted molar refractivity (Wildman–Crippen MR) is 84.2 cm³/mol. The van der Waals surface area contributed by atoms with Gasteiger partial charge in [0.2, 0.25) is 11.8 Å². The fraction of sp³-hybridized carbons (Fsp3) is 0.125. The van der Waals surface area contributed by atoms with Crippen molar-refractivity contribution in [2.75, 3.05) is 22.5 Å². The Hall–Kier alpha value is -2.96. The van der Waals surface area contributed by atoms with Crippen LogP contribution in [0.2, 0.25) is 0 Å². The Balaban J connectivity index is 1.91. The second-order valence-corrected chi connectivity index (χ2v) is 4.79. The third-order valence-electron chi connectivity index (χ3n) is 2.84. The molecule has 0 saturated heterocycles. The van der Waals surface area contributed by atoms with Crippen LogP contribution in [0.15, 0.2) is 42.5 Å². The number of carbonyl (C=O) groups excluding carboxylic acids is 2. The van der Waals surface area contributed by atoms with E-state index in [9.17, 15) is 18.4 Å². The lowest BCUT2D eigenvalue weighted by Crippen LogP contribution is -2.21. The second-order valence-electron chi connectivity index (χ2n) is 4.79. The summed E-state index contributed by atoms with van der Waals surface area (Å²) >= 11 is 0. The minimum Gasteiger partial charge on any atom is -0.376 e. The number of hydrogen-bond donors (Lipinski definition) is 3. The smallest absolute Gasteiger partial charge is 0.243 e. The van der Waals surface area contributed by atoms with Crippen LogP contribution < -0.4 is 16.0 Å². The van der Waals surface area contributed by atoms with E-state index in [-0.39, 0.29) is 18.1 Å². The fourth-order valence-corrected chi connectivity index (χ4v) is 1.87. The third-order valence-corrected chi connectivity index (χ3v) is 2.84. The molecule has 2 amide bonds. The molecule has 23 heavy (non-hydrogen) atoms. The van der Waals surface area contributed by atoms with Crippen LogP contribution in [0.3, 0.4) is 0 Å². The summed E-state index contributed by atoms with van der Waals surface area (Å²) in [6.07, 6.45) is 0. The van der Waals surface area contributed by atoms with Crippen LogP contribution in [0.25, 0.3) is 0 Å². The van der Waals surface area contributed by atoms with E-state index in [1.54, 1.807) is 24.3 Å². The lowest BCUT2D eigenvalue weighted by Gasteiger charge is -2.09. The van der Waals surface area contributed by atoms with Gasteiger partial charge in [0.05, 0.1) is 6.54 Å². The monoisotopic (exact) mass is 319 g/mol. The largest absolute Gasteiger partial charge is 0.376 e. The van der Waals surface area contributed by atoms with Crippen LogP contribution in [-0.4, -0.2) is 18.4 Å². The highest BCUT2D eigenvalue weighted by Crippen LogP contribution is 2.15. The van der Waals surface area contributed by atoms with Gasteiger partial charge in [0.15, 0.2) is 11.6 Å². The van der Waals surface area contributed by atoms with Gasteiger partial charge in [-0.05, 0) is 30.3 Å². The van der Waals surface area contributed by atoms with E-state index >= 15 is 0 Å². The van der Waals surface area contributed by atoms with Crippen molar-refractivity contribution < 1.29 is 18.4 Å². The molecule has 0 bridgehead atoms. The molecule has 0 unspecified atom stereocenters. The van der Waals surface area contributed by atoms with Gasteiger partial charge in [-0.15, -0.1) is 0 Å². The quantitative estimate of drug-likeness (QED) is 0.793. The molecule has 0 saturated carbocycles. The lowest BCUT2D eigenvalue weighted by atomic mass is 10.2. The Kier molecular flexibility index (Phi) is 5.24. The molecule has 0 aliphatic heterocycles. The van der Waals surface area contributed by atoms with E-state index in [2.05, 4.69) is 16.0 Å². The molecule has 0 spiro atoms. The zero-order valence-electron chi connectivity index (χ0n) is 12.3. The van der Waals surface area contributed by atoms with E-state index in [4.69, 9.17) is 0 Å². The number of amides is 2. The number of nitrogens with one attached hydrogen (secondary N) is 3. The number of benzene rings is 2. The molecule has 0 fully saturated rings.